The molecule has 0 heterocycles. The summed E-state index contributed by atoms with van der Waals surface area (Å²) in [4.78, 5) is 24.3. The van der Waals surface area contributed by atoms with E-state index in [1.54, 1.807) is 12.1 Å². The van der Waals surface area contributed by atoms with Gasteiger partial charge in [-0.1, -0.05) is 12.1 Å². The standard InChI is InChI=1S/C17H19N3O4/c1-24-17(23)15(8-10-2-5-12(21)6-3-10)20-16(22)11-4-7-13(18)14(19)9-11/h2-7,9,15,21H,8,18-19H2,1H3,(H,20,22)/t15-/m0/s1. The van der Waals surface area contributed by atoms with Gasteiger partial charge in [-0.05, 0) is 35.9 Å². The lowest BCUT2D eigenvalue weighted by Crippen LogP contribution is -2.43. The lowest BCUT2D eigenvalue weighted by molar-refractivity contribution is -0.142. The molecule has 0 aliphatic rings. The van der Waals surface area contributed by atoms with Crippen LogP contribution in [-0.2, 0) is 16.0 Å². The monoisotopic (exact) mass is 329 g/mol. The molecule has 6 N–H and O–H groups in total. The van der Waals surface area contributed by atoms with Crippen LogP contribution < -0.4 is 16.8 Å². The maximum absolute atomic E-state index is 12.3. The van der Waals surface area contributed by atoms with Crippen LogP contribution in [0, 0.1) is 0 Å². The zero-order chi connectivity index (χ0) is 17.7. The molecule has 0 unspecified atom stereocenters. The van der Waals surface area contributed by atoms with E-state index < -0.39 is 17.9 Å². The first-order valence-corrected chi connectivity index (χ1v) is 7.22. The summed E-state index contributed by atoms with van der Waals surface area (Å²) in [5.74, 6) is -0.912. The fourth-order valence-corrected chi connectivity index (χ4v) is 2.16. The first-order chi connectivity index (χ1) is 11.4. The van der Waals surface area contributed by atoms with E-state index in [0.717, 1.165) is 5.56 Å². The van der Waals surface area contributed by atoms with E-state index in [-0.39, 0.29) is 17.9 Å². The van der Waals surface area contributed by atoms with Crippen LogP contribution in [0.4, 0.5) is 11.4 Å². The fraction of sp³-hybridized carbons (Fsp3) is 0.176. The Kier molecular flexibility index (Phi) is 5.26. The molecule has 0 aliphatic heterocycles. The highest BCUT2D eigenvalue weighted by atomic mass is 16.5. The maximum atomic E-state index is 12.3. The molecule has 0 aromatic heterocycles. The van der Waals surface area contributed by atoms with Gasteiger partial charge in [-0.3, -0.25) is 4.79 Å². The molecule has 0 fully saturated rings. The minimum absolute atomic E-state index is 0.120. The summed E-state index contributed by atoms with van der Waals surface area (Å²) in [6, 6.07) is 9.97. The Hall–Kier alpha value is -3.22. The second-order valence-corrected chi connectivity index (χ2v) is 5.26. The number of carbonyl (C=O) groups excluding carboxylic acids is 2. The Morgan fingerprint density at radius 3 is 2.38 bits per heavy atom. The number of carbonyl (C=O) groups is 2. The van der Waals surface area contributed by atoms with Crippen LogP contribution in [-0.4, -0.2) is 30.1 Å². The van der Waals surface area contributed by atoms with Crippen molar-refractivity contribution in [1.82, 2.24) is 5.32 Å². The molecule has 0 bridgehead atoms. The topological polar surface area (TPSA) is 128 Å². The Morgan fingerprint density at radius 1 is 1.12 bits per heavy atom. The first-order valence-electron chi connectivity index (χ1n) is 7.22. The van der Waals surface area contributed by atoms with E-state index in [2.05, 4.69) is 5.32 Å². The number of nitrogen functional groups attached to an aromatic ring is 2. The number of hydrogen-bond acceptors (Lipinski definition) is 6. The molecule has 0 aliphatic carbocycles. The number of amides is 1. The lowest BCUT2D eigenvalue weighted by Gasteiger charge is -2.17. The summed E-state index contributed by atoms with van der Waals surface area (Å²) < 4.78 is 4.74. The predicted molar refractivity (Wildman–Crippen MR) is 90.3 cm³/mol. The number of benzene rings is 2. The van der Waals surface area contributed by atoms with Gasteiger partial charge in [0.1, 0.15) is 11.8 Å². The Balaban J connectivity index is 2.15. The van der Waals surface area contributed by atoms with Crippen LogP contribution in [0.2, 0.25) is 0 Å². The van der Waals surface area contributed by atoms with E-state index in [1.807, 2.05) is 0 Å². The van der Waals surface area contributed by atoms with E-state index in [4.69, 9.17) is 16.2 Å². The number of ether oxygens (including phenoxy) is 1. The van der Waals surface area contributed by atoms with Crippen molar-refractivity contribution in [3.05, 3.63) is 53.6 Å². The van der Waals surface area contributed by atoms with Gasteiger partial charge in [-0.25, -0.2) is 4.79 Å². The van der Waals surface area contributed by atoms with Gasteiger partial charge in [-0.2, -0.15) is 0 Å². The van der Waals surface area contributed by atoms with E-state index in [9.17, 15) is 14.7 Å². The molecule has 0 saturated heterocycles. The molecule has 2 rings (SSSR count). The number of esters is 1. The molecular formula is C17H19N3O4. The van der Waals surface area contributed by atoms with Crippen LogP contribution in [0.15, 0.2) is 42.5 Å². The number of nitrogens with two attached hydrogens (primary N) is 2. The Labute approximate surface area is 139 Å². The molecule has 0 saturated carbocycles. The van der Waals surface area contributed by atoms with Crippen LogP contribution in [0.5, 0.6) is 5.75 Å². The number of nitrogens with one attached hydrogen (secondary N) is 1. The van der Waals surface area contributed by atoms with Crippen LogP contribution >= 0.6 is 0 Å². The summed E-state index contributed by atoms with van der Waals surface area (Å²) in [6.45, 7) is 0. The molecular weight excluding hydrogens is 310 g/mol. The number of phenolic OH excluding ortho intramolecular Hbond substituents is 1. The fourth-order valence-electron chi connectivity index (χ4n) is 2.16. The van der Waals surface area contributed by atoms with Gasteiger partial charge < -0.3 is 26.6 Å². The molecule has 7 nitrogen and oxygen atoms in total. The number of hydrogen-bond donors (Lipinski definition) is 4. The van der Waals surface area contributed by atoms with Crippen molar-refractivity contribution in [3.8, 4) is 5.75 Å². The molecule has 0 spiro atoms. The summed E-state index contributed by atoms with van der Waals surface area (Å²) >= 11 is 0. The van der Waals surface area contributed by atoms with Crippen LogP contribution in [0.25, 0.3) is 0 Å². The SMILES string of the molecule is COC(=O)[C@H](Cc1ccc(O)cc1)NC(=O)c1ccc(N)c(N)c1. The van der Waals surface area contributed by atoms with Gasteiger partial charge in [0.2, 0.25) is 0 Å². The average Bonchev–Trinajstić information content (AvgIpc) is 2.57. The minimum Gasteiger partial charge on any atom is -0.508 e. The number of anilines is 2. The first kappa shape index (κ1) is 17.1. The summed E-state index contributed by atoms with van der Waals surface area (Å²) in [6.07, 6.45) is 0.225. The highest BCUT2D eigenvalue weighted by molar-refractivity contribution is 5.98. The Morgan fingerprint density at radius 2 is 1.79 bits per heavy atom. The second kappa shape index (κ2) is 7.36. The molecule has 24 heavy (non-hydrogen) atoms. The van der Waals surface area contributed by atoms with E-state index >= 15 is 0 Å². The van der Waals surface area contributed by atoms with Gasteiger partial charge >= 0.3 is 5.97 Å². The lowest BCUT2D eigenvalue weighted by atomic mass is 10.0. The van der Waals surface area contributed by atoms with Crippen molar-refractivity contribution in [2.24, 2.45) is 0 Å². The van der Waals surface area contributed by atoms with Crippen molar-refractivity contribution >= 4 is 23.3 Å². The summed E-state index contributed by atoms with van der Waals surface area (Å²) in [5, 5.41) is 11.9. The van der Waals surface area contributed by atoms with Crippen LogP contribution in [0.1, 0.15) is 15.9 Å². The largest absolute Gasteiger partial charge is 0.508 e. The zero-order valence-electron chi connectivity index (χ0n) is 13.2. The quantitative estimate of drug-likeness (QED) is 0.480. The van der Waals surface area contributed by atoms with Gasteiger partial charge in [0, 0.05) is 12.0 Å². The van der Waals surface area contributed by atoms with Crippen molar-refractivity contribution in [1.29, 1.82) is 0 Å². The third-order valence-electron chi connectivity index (χ3n) is 3.52. The highest BCUT2D eigenvalue weighted by Crippen LogP contribution is 2.16. The molecule has 1 atom stereocenters. The third kappa shape index (κ3) is 4.16. The highest BCUT2D eigenvalue weighted by Gasteiger charge is 2.22. The van der Waals surface area contributed by atoms with Crippen molar-refractivity contribution in [2.45, 2.75) is 12.5 Å². The second-order valence-electron chi connectivity index (χ2n) is 5.26. The number of phenols is 1. The molecule has 0 radical (unpaired) electrons. The molecule has 7 heteroatoms. The number of rotatable bonds is 5. The van der Waals surface area contributed by atoms with Gasteiger partial charge in [0.25, 0.3) is 5.91 Å². The van der Waals surface area contributed by atoms with Gasteiger partial charge in [0.05, 0.1) is 18.5 Å². The van der Waals surface area contributed by atoms with E-state index in [0.29, 0.717) is 11.3 Å². The number of aromatic hydroxyl groups is 1. The maximum Gasteiger partial charge on any atom is 0.328 e. The predicted octanol–water partition coefficient (Wildman–Crippen LogP) is 1.07. The Bertz CT molecular complexity index is 744. The van der Waals surface area contributed by atoms with Crippen molar-refractivity contribution in [3.63, 3.8) is 0 Å². The minimum atomic E-state index is -0.870. The molecule has 2 aromatic carbocycles. The molecule has 1 amide bonds. The van der Waals surface area contributed by atoms with Gasteiger partial charge in [0.15, 0.2) is 0 Å². The van der Waals surface area contributed by atoms with Crippen LogP contribution in [0.3, 0.4) is 0 Å². The van der Waals surface area contributed by atoms with Crippen molar-refractivity contribution < 1.29 is 19.4 Å². The number of methoxy groups -OCH3 is 1. The zero-order valence-corrected chi connectivity index (χ0v) is 13.2. The molecule has 2 aromatic rings. The molecule has 126 valence electrons. The third-order valence-corrected chi connectivity index (χ3v) is 3.52. The smallest absolute Gasteiger partial charge is 0.328 e. The van der Waals surface area contributed by atoms with E-state index in [1.165, 1.54) is 37.4 Å². The normalized spacial score (nSPS) is 11.5. The summed E-state index contributed by atoms with van der Waals surface area (Å²) in [7, 11) is 1.25. The van der Waals surface area contributed by atoms with Crippen molar-refractivity contribution in [2.75, 3.05) is 18.6 Å². The average molecular weight is 329 g/mol. The van der Waals surface area contributed by atoms with Gasteiger partial charge in [-0.15, -0.1) is 0 Å². The summed E-state index contributed by atoms with van der Waals surface area (Å²) in [5.41, 5.74) is 13.0.